The Kier molecular flexibility index (Phi) is 3.62. The van der Waals surface area contributed by atoms with Gasteiger partial charge in [0, 0.05) is 20.1 Å². The fourth-order valence-electron chi connectivity index (χ4n) is 2.54. The molecular weight excluding hydrogens is 200 g/mol. The Labute approximate surface area is 97.3 Å². The molecule has 88 valence electrons. The summed E-state index contributed by atoms with van der Waals surface area (Å²) in [6, 6.07) is 8.44. The number of ether oxygens (including phenoxy) is 1. The fraction of sp³-hybridized carbons (Fsp3) is 0.571. The van der Waals surface area contributed by atoms with Gasteiger partial charge in [-0.05, 0) is 36.8 Å². The summed E-state index contributed by atoms with van der Waals surface area (Å²) in [4.78, 5) is 0. The van der Waals surface area contributed by atoms with Crippen molar-refractivity contribution in [2.24, 2.45) is 0 Å². The smallest absolute Gasteiger partial charge is 0.0692 e. The standard InChI is InChI=1S/C14H20O2/c1-16-10-4-8-14(15)9-7-12-5-2-3-6-13(12)11-14/h2-3,5-6,15H,4,7-11H2,1H3. The molecular formula is C14H20O2. The van der Waals surface area contributed by atoms with E-state index >= 15 is 0 Å². The Bertz CT molecular complexity index is 348. The summed E-state index contributed by atoms with van der Waals surface area (Å²) in [5.41, 5.74) is 2.21. The zero-order valence-electron chi connectivity index (χ0n) is 9.91. The van der Waals surface area contributed by atoms with Crippen molar-refractivity contribution < 1.29 is 9.84 Å². The van der Waals surface area contributed by atoms with Crippen LogP contribution >= 0.6 is 0 Å². The minimum atomic E-state index is -0.507. The lowest BCUT2D eigenvalue weighted by Gasteiger charge is -2.33. The largest absolute Gasteiger partial charge is 0.390 e. The number of rotatable bonds is 4. The Morgan fingerprint density at radius 3 is 2.81 bits per heavy atom. The molecule has 2 nitrogen and oxygen atoms in total. The van der Waals surface area contributed by atoms with E-state index in [-0.39, 0.29) is 0 Å². The molecule has 0 aliphatic heterocycles. The van der Waals surface area contributed by atoms with Gasteiger partial charge in [-0.25, -0.2) is 0 Å². The molecule has 0 fully saturated rings. The van der Waals surface area contributed by atoms with E-state index in [1.807, 2.05) is 0 Å². The van der Waals surface area contributed by atoms with Crippen molar-refractivity contribution in [2.75, 3.05) is 13.7 Å². The summed E-state index contributed by atoms with van der Waals surface area (Å²) in [6.07, 6.45) is 4.46. The van der Waals surface area contributed by atoms with Gasteiger partial charge in [-0.3, -0.25) is 0 Å². The van der Waals surface area contributed by atoms with Gasteiger partial charge in [0.25, 0.3) is 0 Å². The molecule has 1 aliphatic carbocycles. The average molecular weight is 220 g/mol. The molecule has 2 heteroatoms. The Balaban J connectivity index is 2.00. The van der Waals surface area contributed by atoms with E-state index < -0.39 is 5.60 Å². The van der Waals surface area contributed by atoms with Crippen LogP contribution in [0.4, 0.5) is 0 Å². The van der Waals surface area contributed by atoms with Crippen LogP contribution in [0.1, 0.15) is 30.4 Å². The fourth-order valence-corrected chi connectivity index (χ4v) is 2.54. The van der Waals surface area contributed by atoms with Crippen LogP contribution in [0, 0.1) is 0 Å². The zero-order valence-corrected chi connectivity index (χ0v) is 9.91. The van der Waals surface area contributed by atoms with Crippen molar-refractivity contribution in [1.29, 1.82) is 0 Å². The van der Waals surface area contributed by atoms with E-state index in [0.29, 0.717) is 0 Å². The number of benzene rings is 1. The van der Waals surface area contributed by atoms with E-state index in [0.717, 1.165) is 38.7 Å². The van der Waals surface area contributed by atoms with E-state index in [1.165, 1.54) is 11.1 Å². The number of hydrogen-bond acceptors (Lipinski definition) is 2. The number of aryl methyl sites for hydroxylation is 1. The van der Waals surface area contributed by atoms with Gasteiger partial charge in [0.2, 0.25) is 0 Å². The van der Waals surface area contributed by atoms with Gasteiger partial charge in [0.1, 0.15) is 0 Å². The average Bonchev–Trinajstić information content (AvgIpc) is 2.29. The highest BCUT2D eigenvalue weighted by Gasteiger charge is 2.31. The molecule has 0 saturated carbocycles. The number of aliphatic hydroxyl groups is 1. The quantitative estimate of drug-likeness (QED) is 0.789. The summed E-state index contributed by atoms with van der Waals surface area (Å²) in [5.74, 6) is 0. The van der Waals surface area contributed by atoms with Crippen molar-refractivity contribution in [3.63, 3.8) is 0 Å². The predicted molar refractivity (Wildman–Crippen MR) is 64.5 cm³/mol. The number of fused-ring (bicyclic) bond motifs is 1. The first-order valence-corrected chi connectivity index (χ1v) is 6.02. The first kappa shape index (κ1) is 11.6. The maximum absolute atomic E-state index is 10.5. The van der Waals surface area contributed by atoms with Crippen LogP contribution in [-0.2, 0) is 17.6 Å². The molecule has 1 aliphatic rings. The van der Waals surface area contributed by atoms with Crippen LogP contribution in [0.3, 0.4) is 0 Å². The van der Waals surface area contributed by atoms with Crippen molar-refractivity contribution in [3.05, 3.63) is 35.4 Å². The molecule has 0 saturated heterocycles. The van der Waals surface area contributed by atoms with E-state index in [1.54, 1.807) is 7.11 Å². The van der Waals surface area contributed by atoms with Crippen LogP contribution in [-0.4, -0.2) is 24.4 Å². The topological polar surface area (TPSA) is 29.5 Å². The van der Waals surface area contributed by atoms with Gasteiger partial charge in [-0.15, -0.1) is 0 Å². The highest BCUT2D eigenvalue weighted by atomic mass is 16.5. The van der Waals surface area contributed by atoms with Crippen molar-refractivity contribution in [3.8, 4) is 0 Å². The molecule has 1 unspecified atom stereocenters. The molecule has 1 aromatic carbocycles. The highest BCUT2D eigenvalue weighted by molar-refractivity contribution is 5.31. The molecule has 0 heterocycles. The molecule has 2 rings (SSSR count). The third kappa shape index (κ3) is 2.63. The van der Waals surface area contributed by atoms with Crippen LogP contribution in [0.2, 0.25) is 0 Å². The second-order valence-corrected chi connectivity index (χ2v) is 4.77. The zero-order chi connectivity index (χ0) is 11.4. The molecule has 1 N–H and O–H groups in total. The monoisotopic (exact) mass is 220 g/mol. The van der Waals surface area contributed by atoms with Gasteiger partial charge in [0.15, 0.2) is 0 Å². The first-order valence-electron chi connectivity index (χ1n) is 6.02. The second kappa shape index (κ2) is 4.98. The lowest BCUT2D eigenvalue weighted by molar-refractivity contribution is 0.0100. The lowest BCUT2D eigenvalue weighted by atomic mass is 9.78. The third-order valence-electron chi connectivity index (χ3n) is 3.49. The van der Waals surface area contributed by atoms with Crippen LogP contribution in [0.5, 0.6) is 0 Å². The van der Waals surface area contributed by atoms with Crippen LogP contribution < -0.4 is 0 Å². The maximum atomic E-state index is 10.5. The van der Waals surface area contributed by atoms with E-state index in [2.05, 4.69) is 24.3 Å². The molecule has 0 amide bonds. The van der Waals surface area contributed by atoms with Gasteiger partial charge < -0.3 is 9.84 Å². The van der Waals surface area contributed by atoms with Crippen molar-refractivity contribution >= 4 is 0 Å². The summed E-state index contributed by atoms with van der Waals surface area (Å²) >= 11 is 0. The van der Waals surface area contributed by atoms with Gasteiger partial charge in [-0.1, -0.05) is 24.3 Å². The summed E-state index contributed by atoms with van der Waals surface area (Å²) in [5, 5.41) is 10.5. The minimum absolute atomic E-state index is 0.507. The second-order valence-electron chi connectivity index (χ2n) is 4.77. The van der Waals surface area contributed by atoms with Crippen LogP contribution in [0.15, 0.2) is 24.3 Å². The molecule has 1 atom stereocenters. The van der Waals surface area contributed by atoms with Gasteiger partial charge >= 0.3 is 0 Å². The lowest BCUT2D eigenvalue weighted by Crippen LogP contribution is -2.36. The molecule has 0 aromatic heterocycles. The molecule has 1 aromatic rings. The van der Waals surface area contributed by atoms with E-state index in [9.17, 15) is 5.11 Å². The van der Waals surface area contributed by atoms with Gasteiger partial charge in [0.05, 0.1) is 5.60 Å². The molecule has 16 heavy (non-hydrogen) atoms. The third-order valence-corrected chi connectivity index (χ3v) is 3.49. The minimum Gasteiger partial charge on any atom is -0.390 e. The number of hydrogen-bond donors (Lipinski definition) is 1. The first-order chi connectivity index (χ1) is 7.73. The summed E-state index contributed by atoms with van der Waals surface area (Å²) in [7, 11) is 1.71. The van der Waals surface area contributed by atoms with Crippen LogP contribution in [0.25, 0.3) is 0 Å². The SMILES string of the molecule is COCCCC1(O)CCc2ccccc2C1. The number of methoxy groups -OCH3 is 1. The predicted octanol–water partition coefficient (Wildman–Crippen LogP) is 2.33. The molecule has 0 bridgehead atoms. The summed E-state index contributed by atoms with van der Waals surface area (Å²) < 4.78 is 5.04. The van der Waals surface area contributed by atoms with E-state index in [4.69, 9.17) is 4.74 Å². The Hall–Kier alpha value is -0.860. The van der Waals surface area contributed by atoms with Crippen molar-refractivity contribution in [2.45, 2.75) is 37.7 Å². The molecule has 0 spiro atoms. The van der Waals surface area contributed by atoms with Crippen molar-refractivity contribution in [1.82, 2.24) is 0 Å². The van der Waals surface area contributed by atoms with Gasteiger partial charge in [-0.2, -0.15) is 0 Å². The Morgan fingerprint density at radius 1 is 1.31 bits per heavy atom. The summed E-state index contributed by atoms with van der Waals surface area (Å²) in [6.45, 7) is 0.740. The molecule has 0 radical (unpaired) electrons. The normalized spacial score (nSPS) is 24.1. The maximum Gasteiger partial charge on any atom is 0.0692 e. The Morgan fingerprint density at radius 2 is 2.06 bits per heavy atom. The highest BCUT2D eigenvalue weighted by Crippen LogP contribution is 2.31.